The van der Waals surface area contributed by atoms with Crippen molar-refractivity contribution in [2.24, 2.45) is 11.7 Å². The number of pyridine rings is 1. The van der Waals surface area contributed by atoms with Crippen LogP contribution in [0.1, 0.15) is 25.6 Å². The quantitative estimate of drug-likeness (QED) is 0.497. The summed E-state index contributed by atoms with van der Waals surface area (Å²) in [5.74, 6) is 1.80. The largest absolute Gasteiger partial charge is 0.380 e. The van der Waals surface area contributed by atoms with E-state index in [1.165, 1.54) is 12.8 Å². The van der Waals surface area contributed by atoms with Gasteiger partial charge in [-0.1, -0.05) is 0 Å². The molecule has 8 heteroatoms. The van der Waals surface area contributed by atoms with Gasteiger partial charge in [-0.3, -0.25) is 0 Å². The topological polar surface area (TPSA) is 81.2 Å². The molecule has 0 bridgehead atoms. The molecule has 3 N–H and O–H groups in total. The maximum Gasteiger partial charge on any atom is 0.163 e. The summed E-state index contributed by atoms with van der Waals surface area (Å²) in [5, 5.41) is 3.41. The summed E-state index contributed by atoms with van der Waals surface area (Å²) in [6.07, 6.45) is 5.22. The van der Waals surface area contributed by atoms with E-state index in [0.717, 1.165) is 62.7 Å². The second-order valence-electron chi connectivity index (χ2n) is 7.00. The van der Waals surface area contributed by atoms with Gasteiger partial charge in [0.15, 0.2) is 10.8 Å². The standard InChI is InChI=1S/C19H30N6OS/c1-2-26-13-12-25-17(23-16-4-3-7-21-18(16)25)14-15-5-9-24(10-6-15)11-8-22-19(20)27/h3-4,7,15H,2,5-6,8-14H2,1H3,(H3,20,22,27). The second kappa shape index (κ2) is 9.96. The molecule has 1 fully saturated rings. The molecule has 0 spiro atoms. The Morgan fingerprint density at radius 1 is 1.37 bits per heavy atom. The number of hydrogen-bond acceptors (Lipinski definition) is 5. The number of likely N-dealkylation sites (tertiary alicyclic amines) is 1. The molecule has 1 saturated heterocycles. The van der Waals surface area contributed by atoms with Crippen molar-refractivity contribution in [3.8, 4) is 0 Å². The van der Waals surface area contributed by atoms with Crippen molar-refractivity contribution in [2.75, 3.05) is 39.4 Å². The molecule has 0 aliphatic carbocycles. The smallest absolute Gasteiger partial charge is 0.163 e. The van der Waals surface area contributed by atoms with Gasteiger partial charge in [0.2, 0.25) is 0 Å². The van der Waals surface area contributed by atoms with Gasteiger partial charge in [0.05, 0.1) is 6.61 Å². The van der Waals surface area contributed by atoms with Crippen molar-refractivity contribution in [1.82, 2.24) is 24.8 Å². The summed E-state index contributed by atoms with van der Waals surface area (Å²) >= 11 is 4.86. The fourth-order valence-corrected chi connectivity index (χ4v) is 3.81. The predicted octanol–water partition coefficient (Wildman–Crippen LogP) is 1.56. The van der Waals surface area contributed by atoms with Crippen molar-refractivity contribution in [1.29, 1.82) is 0 Å². The molecule has 1 aliphatic rings. The number of nitrogens with zero attached hydrogens (tertiary/aromatic N) is 4. The Labute approximate surface area is 166 Å². The number of imidazole rings is 1. The highest BCUT2D eigenvalue weighted by atomic mass is 32.1. The third-order valence-corrected chi connectivity index (χ3v) is 5.30. The first kappa shape index (κ1) is 20.0. The number of ether oxygens (including phenoxy) is 1. The van der Waals surface area contributed by atoms with E-state index in [0.29, 0.717) is 17.6 Å². The van der Waals surface area contributed by atoms with Crippen LogP contribution < -0.4 is 11.1 Å². The van der Waals surface area contributed by atoms with E-state index in [1.54, 1.807) is 0 Å². The summed E-state index contributed by atoms with van der Waals surface area (Å²) in [6, 6.07) is 3.99. The molecule has 27 heavy (non-hydrogen) atoms. The summed E-state index contributed by atoms with van der Waals surface area (Å²) in [6.45, 7) is 8.29. The van der Waals surface area contributed by atoms with Crippen molar-refractivity contribution in [3.63, 3.8) is 0 Å². The van der Waals surface area contributed by atoms with Gasteiger partial charge in [-0.05, 0) is 63.1 Å². The third-order valence-electron chi connectivity index (χ3n) is 5.15. The minimum Gasteiger partial charge on any atom is -0.380 e. The van der Waals surface area contributed by atoms with E-state index < -0.39 is 0 Å². The Kier molecular flexibility index (Phi) is 7.37. The fraction of sp³-hybridized carbons (Fsp3) is 0.632. The first-order valence-corrected chi connectivity index (χ1v) is 10.2. The molecular formula is C19H30N6OS. The average Bonchev–Trinajstić information content (AvgIpc) is 3.00. The Morgan fingerprint density at radius 2 is 2.19 bits per heavy atom. The third kappa shape index (κ3) is 5.60. The molecular weight excluding hydrogens is 360 g/mol. The molecule has 0 amide bonds. The SMILES string of the molecule is CCOCCn1c(CC2CCN(CCNC(N)=S)CC2)nc2cccnc21. The van der Waals surface area contributed by atoms with Crippen LogP contribution in [0, 0.1) is 5.92 Å². The lowest BCUT2D eigenvalue weighted by atomic mass is 9.93. The minimum atomic E-state index is 0.379. The van der Waals surface area contributed by atoms with E-state index in [1.807, 2.05) is 25.3 Å². The monoisotopic (exact) mass is 390 g/mol. The Bertz CT molecular complexity index is 741. The molecule has 7 nitrogen and oxygen atoms in total. The summed E-state index contributed by atoms with van der Waals surface area (Å²) in [7, 11) is 0. The second-order valence-corrected chi connectivity index (χ2v) is 7.44. The maximum absolute atomic E-state index is 5.56. The fourth-order valence-electron chi connectivity index (χ4n) is 3.71. The number of aromatic nitrogens is 3. The van der Waals surface area contributed by atoms with E-state index >= 15 is 0 Å². The van der Waals surface area contributed by atoms with E-state index in [4.69, 9.17) is 27.7 Å². The van der Waals surface area contributed by atoms with Crippen LogP contribution in [0.5, 0.6) is 0 Å². The molecule has 0 saturated carbocycles. The minimum absolute atomic E-state index is 0.379. The lowest BCUT2D eigenvalue weighted by Gasteiger charge is -2.31. The molecule has 3 rings (SSSR count). The molecule has 2 aromatic heterocycles. The number of nitrogens with two attached hydrogens (primary N) is 1. The van der Waals surface area contributed by atoms with Crippen LogP contribution in [0.15, 0.2) is 18.3 Å². The van der Waals surface area contributed by atoms with Crippen molar-refractivity contribution in [2.45, 2.75) is 32.7 Å². The number of hydrogen-bond donors (Lipinski definition) is 2. The summed E-state index contributed by atoms with van der Waals surface area (Å²) < 4.78 is 7.80. The molecule has 0 radical (unpaired) electrons. The van der Waals surface area contributed by atoms with Crippen molar-refractivity contribution >= 4 is 28.5 Å². The van der Waals surface area contributed by atoms with Crippen LogP contribution in [0.25, 0.3) is 11.2 Å². The maximum atomic E-state index is 5.56. The molecule has 1 aliphatic heterocycles. The van der Waals surface area contributed by atoms with Crippen LogP contribution in [0.3, 0.4) is 0 Å². The zero-order valence-corrected chi connectivity index (χ0v) is 16.9. The predicted molar refractivity (Wildman–Crippen MR) is 112 cm³/mol. The van der Waals surface area contributed by atoms with Gasteiger partial charge < -0.3 is 25.3 Å². The molecule has 2 aromatic rings. The van der Waals surface area contributed by atoms with E-state index in [2.05, 4.69) is 19.8 Å². The molecule has 0 atom stereocenters. The zero-order valence-electron chi connectivity index (χ0n) is 16.1. The van der Waals surface area contributed by atoms with Crippen LogP contribution in [-0.4, -0.2) is 63.9 Å². The van der Waals surface area contributed by atoms with E-state index in [9.17, 15) is 0 Å². The van der Waals surface area contributed by atoms with Gasteiger partial charge in [0.25, 0.3) is 0 Å². The van der Waals surface area contributed by atoms with Gasteiger partial charge >= 0.3 is 0 Å². The van der Waals surface area contributed by atoms with Crippen LogP contribution >= 0.6 is 12.2 Å². The first-order valence-electron chi connectivity index (χ1n) is 9.81. The van der Waals surface area contributed by atoms with Gasteiger partial charge in [-0.2, -0.15) is 0 Å². The zero-order chi connectivity index (χ0) is 19.1. The van der Waals surface area contributed by atoms with Crippen LogP contribution in [0.2, 0.25) is 0 Å². The molecule has 0 unspecified atom stereocenters. The highest BCUT2D eigenvalue weighted by Crippen LogP contribution is 2.23. The van der Waals surface area contributed by atoms with Crippen LogP contribution in [0.4, 0.5) is 0 Å². The normalized spacial score (nSPS) is 16.0. The highest BCUT2D eigenvalue weighted by molar-refractivity contribution is 7.80. The van der Waals surface area contributed by atoms with Crippen LogP contribution in [-0.2, 0) is 17.7 Å². The number of piperidine rings is 1. The lowest BCUT2D eigenvalue weighted by Crippen LogP contribution is -2.41. The average molecular weight is 391 g/mol. The first-order chi connectivity index (χ1) is 13.2. The summed E-state index contributed by atoms with van der Waals surface area (Å²) in [4.78, 5) is 11.9. The van der Waals surface area contributed by atoms with Gasteiger partial charge in [-0.15, -0.1) is 0 Å². The molecule has 3 heterocycles. The van der Waals surface area contributed by atoms with Gasteiger partial charge in [0.1, 0.15) is 11.3 Å². The van der Waals surface area contributed by atoms with Gasteiger partial charge in [-0.25, -0.2) is 9.97 Å². The number of nitrogens with one attached hydrogen (secondary N) is 1. The van der Waals surface area contributed by atoms with Crippen molar-refractivity contribution < 1.29 is 4.74 Å². The number of thiocarbonyl (C=S) groups is 1. The Balaban J connectivity index is 1.58. The molecule has 148 valence electrons. The van der Waals surface area contributed by atoms with Gasteiger partial charge in [0, 0.05) is 38.9 Å². The Hall–Kier alpha value is -1.77. The number of rotatable bonds is 9. The number of fused-ring (bicyclic) bond motifs is 1. The van der Waals surface area contributed by atoms with E-state index in [-0.39, 0.29) is 0 Å². The Morgan fingerprint density at radius 3 is 2.93 bits per heavy atom. The van der Waals surface area contributed by atoms with Crippen molar-refractivity contribution in [3.05, 3.63) is 24.2 Å². The molecule has 0 aromatic carbocycles. The summed E-state index contributed by atoms with van der Waals surface area (Å²) in [5.41, 5.74) is 7.43. The lowest BCUT2D eigenvalue weighted by molar-refractivity contribution is 0.138. The highest BCUT2D eigenvalue weighted by Gasteiger charge is 2.22.